The van der Waals surface area contributed by atoms with E-state index in [2.05, 4.69) is 15.0 Å². The van der Waals surface area contributed by atoms with Gasteiger partial charge in [0.1, 0.15) is 5.75 Å². The lowest BCUT2D eigenvalue weighted by atomic mass is 10.1. The predicted octanol–water partition coefficient (Wildman–Crippen LogP) is 3.48. The average molecular weight is 399 g/mol. The Hall–Kier alpha value is -3.13. The second kappa shape index (κ2) is 7.47. The quantitative estimate of drug-likeness (QED) is 0.684. The Kier molecular flexibility index (Phi) is 5.24. The number of benzene rings is 2. The number of fused-ring (bicyclic) bond motifs is 1. The second-order valence-electron chi connectivity index (χ2n) is 6.56. The molecule has 146 valence electrons. The minimum Gasteiger partial charge on any atom is -0.495 e. The molecule has 28 heavy (non-hydrogen) atoms. The van der Waals surface area contributed by atoms with Gasteiger partial charge in [-0.3, -0.25) is 14.5 Å². The Morgan fingerprint density at radius 3 is 2.50 bits per heavy atom. The molecule has 1 aromatic heterocycles. The number of aromatic nitrogens is 1. The van der Waals surface area contributed by atoms with E-state index in [4.69, 9.17) is 4.74 Å². The van der Waals surface area contributed by atoms with Gasteiger partial charge in [0.05, 0.1) is 35.8 Å². The summed E-state index contributed by atoms with van der Waals surface area (Å²) in [6.07, 6.45) is 1.05. The third-order valence-corrected chi connectivity index (χ3v) is 4.75. The molecule has 8 heteroatoms. The van der Waals surface area contributed by atoms with E-state index in [0.29, 0.717) is 22.7 Å². The van der Waals surface area contributed by atoms with Gasteiger partial charge in [0, 0.05) is 11.1 Å². The SMILES string of the molecule is COc1ccc(NC(=O)c2cc3cc(C)ccc3nc2C)cc1NS(C)(=O)=O. The molecule has 1 amide bonds. The van der Waals surface area contributed by atoms with Crippen molar-refractivity contribution < 1.29 is 17.9 Å². The molecule has 0 fully saturated rings. The van der Waals surface area contributed by atoms with Crippen LogP contribution < -0.4 is 14.8 Å². The molecule has 2 N–H and O–H groups in total. The molecule has 2 aromatic carbocycles. The third kappa shape index (κ3) is 4.40. The summed E-state index contributed by atoms with van der Waals surface area (Å²) >= 11 is 0. The monoisotopic (exact) mass is 399 g/mol. The number of amides is 1. The molecule has 3 rings (SSSR count). The number of aryl methyl sites for hydroxylation is 2. The van der Waals surface area contributed by atoms with Crippen LogP contribution in [0.3, 0.4) is 0 Å². The van der Waals surface area contributed by atoms with Crippen molar-refractivity contribution in [3.63, 3.8) is 0 Å². The van der Waals surface area contributed by atoms with Crippen molar-refractivity contribution in [2.45, 2.75) is 13.8 Å². The maximum absolute atomic E-state index is 12.8. The molecule has 7 nitrogen and oxygen atoms in total. The topological polar surface area (TPSA) is 97.4 Å². The average Bonchev–Trinajstić information content (AvgIpc) is 2.60. The zero-order valence-corrected chi connectivity index (χ0v) is 16.8. The van der Waals surface area contributed by atoms with Gasteiger partial charge in [-0.1, -0.05) is 11.6 Å². The number of carbonyl (C=O) groups excluding carboxylic acids is 1. The van der Waals surface area contributed by atoms with Gasteiger partial charge in [-0.05, 0) is 50.2 Å². The molecule has 0 atom stereocenters. The molecule has 0 bridgehead atoms. The molecule has 0 radical (unpaired) electrons. The minimum atomic E-state index is -3.49. The van der Waals surface area contributed by atoms with Crippen LogP contribution in [0, 0.1) is 13.8 Å². The van der Waals surface area contributed by atoms with Crippen LogP contribution in [0.4, 0.5) is 11.4 Å². The number of methoxy groups -OCH3 is 1. The van der Waals surface area contributed by atoms with Crippen molar-refractivity contribution in [3.8, 4) is 5.75 Å². The van der Waals surface area contributed by atoms with Gasteiger partial charge in [-0.15, -0.1) is 0 Å². The number of hydrogen-bond donors (Lipinski definition) is 2. The molecule has 0 aliphatic heterocycles. The molecule has 0 spiro atoms. The summed E-state index contributed by atoms with van der Waals surface area (Å²) in [5.74, 6) is 0.0198. The van der Waals surface area contributed by atoms with E-state index in [1.165, 1.54) is 13.2 Å². The molecule has 1 heterocycles. The lowest BCUT2D eigenvalue weighted by molar-refractivity contribution is 0.102. The Balaban J connectivity index is 1.93. The molecule has 0 aliphatic rings. The Morgan fingerprint density at radius 2 is 1.82 bits per heavy atom. The van der Waals surface area contributed by atoms with Gasteiger partial charge in [0.15, 0.2) is 0 Å². The first-order chi connectivity index (χ1) is 13.2. The molecule has 0 unspecified atom stereocenters. The fourth-order valence-electron chi connectivity index (χ4n) is 2.89. The highest BCUT2D eigenvalue weighted by Gasteiger charge is 2.14. The normalized spacial score (nSPS) is 11.3. The summed E-state index contributed by atoms with van der Waals surface area (Å²) in [6.45, 7) is 3.76. The van der Waals surface area contributed by atoms with Gasteiger partial charge in [0.25, 0.3) is 5.91 Å². The Morgan fingerprint density at radius 1 is 1.07 bits per heavy atom. The Labute approximate surface area is 163 Å². The van der Waals surface area contributed by atoms with Crippen molar-refractivity contribution in [2.75, 3.05) is 23.4 Å². The molecular formula is C20H21N3O4S. The largest absolute Gasteiger partial charge is 0.495 e. The number of nitrogens with one attached hydrogen (secondary N) is 2. The van der Waals surface area contributed by atoms with Crippen LogP contribution >= 0.6 is 0 Å². The zero-order valence-electron chi connectivity index (χ0n) is 16.0. The van der Waals surface area contributed by atoms with Crippen LogP contribution in [0.25, 0.3) is 10.9 Å². The van der Waals surface area contributed by atoms with Gasteiger partial charge < -0.3 is 10.1 Å². The number of sulfonamides is 1. The van der Waals surface area contributed by atoms with E-state index < -0.39 is 10.0 Å². The van der Waals surface area contributed by atoms with E-state index >= 15 is 0 Å². The van der Waals surface area contributed by atoms with Crippen LogP contribution in [0.2, 0.25) is 0 Å². The number of anilines is 2. The molecular weight excluding hydrogens is 378 g/mol. The van der Waals surface area contributed by atoms with E-state index in [-0.39, 0.29) is 11.6 Å². The Bertz CT molecular complexity index is 1170. The van der Waals surface area contributed by atoms with Crippen molar-refractivity contribution in [2.24, 2.45) is 0 Å². The van der Waals surface area contributed by atoms with Crippen LogP contribution in [0.1, 0.15) is 21.6 Å². The first-order valence-electron chi connectivity index (χ1n) is 8.51. The van der Waals surface area contributed by atoms with Crippen LogP contribution in [0.15, 0.2) is 42.5 Å². The van der Waals surface area contributed by atoms with E-state index in [9.17, 15) is 13.2 Å². The first kappa shape index (κ1) is 19.6. The van der Waals surface area contributed by atoms with Gasteiger partial charge in [0.2, 0.25) is 10.0 Å². The number of nitrogens with zero attached hydrogens (tertiary/aromatic N) is 1. The second-order valence-corrected chi connectivity index (χ2v) is 8.31. The fraction of sp³-hybridized carbons (Fsp3) is 0.200. The fourth-order valence-corrected chi connectivity index (χ4v) is 3.44. The molecule has 0 saturated carbocycles. The highest BCUT2D eigenvalue weighted by Crippen LogP contribution is 2.29. The predicted molar refractivity (Wildman–Crippen MR) is 111 cm³/mol. The van der Waals surface area contributed by atoms with Crippen molar-refractivity contribution in [3.05, 3.63) is 59.3 Å². The lowest BCUT2D eigenvalue weighted by Crippen LogP contribution is -2.15. The number of rotatable bonds is 5. The van der Waals surface area contributed by atoms with Crippen molar-refractivity contribution >= 4 is 38.2 Å². The molecule has 0 aliphatic carbocycles. The number of carbonyl (C=O) groups is 1. The highest BCUT2D eigenvalue weighted by molar-refractivity contribution is 7.92. The summed E-state index contributed by atoms with van der Waals surface area (Å²) < 4.78 is 30.7. The van der Waals surface area contributed by atoms with Crippen LogP contribution in [-0.2, 0) is 10.0 Å². The molecule has 3 aromatic rings. The molecule has 0 saturated heterocycles. The van der Waals surface area contributed by atoms with E-state index in [1.807, 2.05) is 25.1 Å². The number of hydrogen-bond acceptors (Lipinski definition) is 5. The van der Waals surface area contributed by atoms with E-state index in [0.717, 1.165) is 22.7 Å². The standard InChI is InChI=1S/C20H21N3O4S/c1-12-5-7-17-14(9-12)10-16(13(2)21-17)20(24)22-15-6-8-19(27-3)18(11-15)23-28(4,25)26/h5-11,23H,1-4H3,(H,22,24). The highest BCUT2D eigenvalue weighted by atomic mass is 32.2. The summed E-state index contributed by atoms with van der Waals surface area (Å²) in [6, 6.07) is 12.4. The van der Waals surface area contributed by atoms with Gasteiger partial charge in [-0.2, -0.15) is 0 Å². The van der Waals surface area contributed by atoms with Gasteiger partial charge in [-0.25, -0.2) is 8.42 Å². The minimum absolute atomic E-state index is 0.242. The number of ether oxygens (including phenoxy) is 1. The lowest BCUT2D eigenvalue weighted by Gasteiger charge is -2.13. The van der Waals surface area contributed by atoms with Crippen molar-refractivity contribution in [1.82, 2.24) is 4.98 Å². The number of pyridine rings is 1. The van der Waals surface area contributed by atoms with Crippen LogP contribution in [0.5, 0.6) is 5.75 Å². The maximum Gasteiger partial charge on any atom is 0.257 e. The van der Waals surface area contributed by atoms with Crippen molar-refractivity contribution in [1.29, 1.82) is 0 Å². The first-order valence-corrected chi connectivity index (χ1v) is 10.4. The van der Waals surface area contributed by atoms with E-state index in [1.54, 1.807) is 25.1 Å². The summed E-state index contributed by atoms with van der Waals surface area (Å²) in [4.78, 5) is 17.3. The zero-order chi connectivity index (χ0) is 20.5. The summed E-state index contributed by atoms with van der Waals surface area (Å²) in [5, 5.41) is 3.67. The summed E-state index contributed by atoms with van der Waals surface area (Å²) in [5.41, 5.74) is 3.63. The third-order valence-electron chi connectivity index (χ3n) is 4.16. The maximum atomic E-state index is 12.8. The van der Waals surface area contributed by atoms with Crippen LogP contribution in [-0.4, -0.2) is 32.7 Å². The smallest absolute Gasteiger partial charge is 0.257 e. The summed E-state index contributed by atoms with van der Waals surface area (Å²) in [7, 11) is -2.06. The van der Waals surface area contributed by atoms with Gasteiger partial charge >= 0.3 is 0 Å².